The third-order valence-corrected chi connectivity index (χ3v) is 3.58. The molecule has 16 heavy (non-hydrogen) atoms. The first-order chi connectivity index (χ1) is 7.72. The van der Waals surface area contributed by atoms with Gasteiger partial charge in [0.15, 0.2) is 0 Å². The van der Waals surface area contributed by atoms with E-state index in [1.54, 1.807) is 7.11 Å². The Labute approximate surface area is 98.0 Å². The van der Waals surface area contributed by atoms with Crippen molar-refractivity contribution in [3.05, 3.63) is 29.8 Å². The van der Waals surface area contributed by atoms with Crippen molar-refractivity contribution in [2.24, 2.45) is 5.41 Å². The molecule has 1 aliphatic rings. The summed E-state index contributed by atoms with van der Waals surface area (Å²) in [5.41, 5.74) is 1.85. The molecule has 1 saturated carbocycles. The van der Waals surface area contributed by atoms with Crippen LogP contribution in [0.4, 0.5) is 0 Å². The van der Waals surface area contributed by atoms with E-state index >= 15 is 0 Å². The predicted octanol–water partition coefficient (Wildman–Crippen LogP) is 2.98. The molecule has 1 aromatic carbocycles. The number of rotatable bonds is 5. The molecule has 1 N–H and O–H groups in total. The van der Waals surface area contributed by atoms with E-state index in [1.165, 1.54) is 24.8 Å². The van der Waals surface area contributed by atoms with Crippen molar-refractivity contribution in [3.8, 4) is 5.75 Å². The van der Waals surface area contributed by atoms with Crippen LogP contribution in [-0.4, -0.2) is 13.7 Å². The van der Waals surface area contributed by atoms with Gasteiger partial charge in [0.25, 0.3) is 0 Å². The molecule has 2 nitrogen and oxygen atoms in total. The van der Waals surface area contributed by atoms with E-state index in [-0.39, 0.29) is 0 Å². The number of hydrogen-bond acceptors (Lipinski definition) is 2. The minimum absolute atomic E-state index is 0.554. The molecule has 0 spiro atoms. The van der Waals surface area contributed by atoms with Gasteiger partial charge < -0.3 is 10.1 Å². The minimum Gasteiger partial charge on any atom is -0.497 e. The zero-order valence-electron chi connectivity index (χ0n) is 10.3. The molecule has 1 aromatic rings. The van der Waals surface area contributed by atoms with Crippen LogP contribution in [0.3, 0.4) is 0 Å². The van der Waals surface area contributed by atoms with Crippen molar-refractivity contribution in [3.63, 3.8) is 0 Å². The summed E-state index contributed by atoms with van der Waals surface area (Å²) < 4.78 is 5.21. The molecule has 0 bridgehead atoms. The van der Waals surface area contributed by atoms with E-state index in [4.69, 9.17) is 4.74 Å². The molecule has 0 unspecified atom stereocenters. The SMILES string of the molecule is COc1cccc(CNCC2(C)CCC2)c1. The Bertz CT molecular complexity index is 344. The number of methoxy groups -OCH3 is 1. The first kappa shape index (κ1) is 11.5. The molecule has 1 fully saturated rings. The van der Waals surface area contributed by atoms with E-state index in [9.17, 15) is 0 Å². The van der Waals surface area contributed by atoms with Gasteiger partial charge in [-0.1, -0.05) is 25.5 Å². The van der Waals surface area contributed by atoms with Crippen molar-refractivity contribution < 1.29 is 4.74 Å². The maximum atomic E-state index is 5.21. The summed E-state index contributed by atoms with van der Waals surface area (Å²) in [6, 6.07) is 8.26. The third kappa shape index (κ3) is 2.76. The quantitative estimate of drug-likeness (QED) is 0.822. The Kier molecular flexibility index (Phi) is 3.49. The monoisotopic (exact) mass is 219 g/mol. The van der Waals surface area contributed by atoms with E-state index in [0.29, 0.717) is 5.41 Å². The molecule has 0 radical (unpaired) electrons. The fourth-order valence-corrected chi connectivity index (χ4v) is 2.25. The molecule has 2 heteroatoms. The molecule has 0 aliphatic heterocycles. The van der Waals surface area contributed by atoms with Crippen molar-refractivity contribution in [1.29, 1.82) is 0 Å². The van der Waals surface area contributed by atoms with Crippen molar-refractivity contribution in [1.82, 2.24) is 5.32 Å². The Morgan fingerprint density at radius 3 is 2.81 bits per heavy atom. The molecule has 88 valence electrons. The second-order valence-corrected chi connectivity index (χ2v) is 5.12. The van der Waals surface area contributed by atoms with E-state index in [0.717, 1.165) is 18.8 Å². The van der Waals surface area contributed by atoms with Gasteiger partial charge in [0.05, 0.1) is 7.11 Å². The van der Waals surface area contributed by atoms with E-state index in [2.05, 4.69) is 24.4 Å². The normalized spacial score (nSPS) is 17.9. The summed E-state index contributed by atoms with van der Waals surface area (Å²) in [6.45, 7) is 4.44. The summed E-state index contributed by atoms with van der Waals surface area (Å²) in [5.74, 6) is 0.939. The lowest BCUT2D eigenvalue weighted by Crippen LogP contribution is -2.36. The number of benzene rings is 1. The van der Waals surface area contributed by atoms with Crippen LogP contribution in [0, 0.1) is 5.41 Å². The highest BCUT2D eigenvalue weighted by molar-refractivity contribution is 5.28. The van der Waals surface area contributed by atoms with Gasteiger partial charge in [-0.05, 0) is 36.0 Å². The molecule has 2 rings (SSSR count). The second-order valence-electron chi connectivity index (χ2n) is 5.12. The van der Waals surface area contributed by atoms with Gasteiger partial charge in [0.1, 0.15) is 5.75 Å². The lowest BCUT2D eigenvalue weighted by molar-refractivity contribution is 0.156. The standard InChI is InChI=1S/C14H21NO/c1-14(7-4-8-14)11-15-10-12-5-3-6-13(9-12)16-2/h3,5-6,9,15H,4,7-8,10-11H2,1-2H3. The Morgan fingerprint density at radius 1 is 1.38 bits per heavy atom. The highest BCUT2D eigenvalue weighted by Gasteiger charge is 2.30. The summed E-state index contributed by atoms with van der Waals surface area (Å²) in [7, 11) is 1.71. The summed E-state index contributed by atoms with van der Waals surface area (Å²) in [5, 5.41) is 3.54. The van der Waals surface area contributed by atoms with Gasteiger partial charge in [-0.2, -0.15) is 0 Å². The Morgan fingerprint density at radius 2 is 2.19 bits per heavy atom. The molecule has 0 aromatic heterocycles. The minimum atomic E-state index is 0.554. The van der Waals surface area contributed by atoms with Crippen molar-refractivity contribution in [2.75, 3.05) is 13.7 Å². The van der Waals surface area contributed by atoms with Crippen LogP contribution in [0.15, 0.2) is 24.3 Å². The predicted molar refractivity (Wildman–Crippen MR) is 66.7 cm³/mol. The van der Waals surface area contributed by atoms with Gasteiger partial charge in [-0.3, -0.25) is 0 Å². The smallest absolute Gasteiger partial charge is 0.119 e. The van der Waals surface area contributed by atoms with Gasteiger partial charge in [0.2, 0.25) is 0 Å². The second kappa shape index (κ2) is 4.88. The molecule has 0 saturated heterocycles. The molecule has 0 atom stereocenters. The first-order valence-electron chi connectivity index (χ1n) is 6.06. The third-order valence-electron chi connectivity index (χ3n) is 3.58. The highest BCUT2D eigenvalue weighted by atomic mass is 16.5. The summed E-state index contributed by atoms with van der Waals surface area (Å²) in [4.78, 5) is 0. The zero-order chi connectivity index (χ0) is 11.4. The van der Waals surface area contributed by atoms with E-state index in [1.807, 2.05) is 12.1 Å². The van der Waals surface area contributed by atoms with Crippen LogP contribution in [-0.2, 0) is 6.54 Å². The van der Waals surface area contributed by atoms with Crippen LogP contribution >= 0.6 is 0 Å². The molecule has 0 heterocycles. The first-order valence-corrected chi connectivity index (χ1v) is 6.06. The van der Waals surface area contributed by atoms with E-state index < -0.39 is 0 Å². The van der Waals surface area contributed by atoms with Gasteiger partial charge in [0, 0.05) is 13.1 Å². The van der Waals surface area contributed by atoms with Crippen molar-refractivity contribution >= 4 is 0 Å². The molecule has 1 aliphatic carbocycles. The van der Waals surface area contributed by atoms with Gasteiger partial charge in [-0.15, -0.1) is 0 Å². The van der Waals surface area contributed by atoms with Gasteiger partial charge >= 0.3 is 0 Å². The zero-order valence-corrected chi connectivity index (χ0v) is 10.3. The maximum Gasteiger partial charge on any atom is 0.119 e. The molecular formula is C14H21NO. The van der Waals surface area contributed by atoms with Crippen LogP contribution in [0.1, 0.15) is 31.7 Å². The topological polar surface area (TPSA) is 21.3 Å². The number of ether oxygens (including phenoxy) is 1. The fraction of sp³-hybridized carbons (Fsp3) is 0.571. The van der Waals surface area contributed by atoms with Crippen molar-refractivity contribution in [2.45, 2.75) is 32.7 Å². The Hall–Kier alpha value is -1.02. The maximum absolute atomic E-state index is 5.21. The lowest BCUT2D eigenvalue weighted by atomic mass is 9.70. The van der Waals surface area contributed by atoms with Gasteiger partial charge in [-0.25, -0.2) is 0 Å². The summed E-state index contributed by atoms with van der Waals surface area (Å²) >= 11 is 0. The Balaban J connectivity index is 1.80. The molecular weight excluding hydrogens is 198 g/mol. The molecule has 0 amide bonds. The van der Waals surface area contributed by atoms with Crippen LogP contribution in [0.5, 0.6) is 5.75 Å². The average Bonchev–Trinajstić information content (AvgIpc) is 2.27. The number of nitrogens with one attached hydrogen (secondary N) is 1. The average molecular weight is 219 g/mol. The fourth-order valence-electron chi connectivity index (χ4n) is 2.25. The summed E-state index contributed by atoms with van der Waals surface area (Å²) in [6.07, 6.45) is 4.15. The van der Waals surface area contributed by atoms with Crippen LogP contribution in [0.2, 0.25) is 0 Å². The van der Waals surface area contributed by atoms with Crippen LogP contribution in [0.25, 0.3) is 0 Å². The largest absolute Gasteiger partial charge is 0.497 e. The highest BCUT2D eigenvalue weighted by Crippen LogP contribution is 2.39. The number of hydrogen-bond donors (Lipinski definition) is 1. The van der Waals surface area contributed by atoms with Crippen LogP contribution < -0.4 is 10.1 Å². The lowest BCUT2D eigenvalue weighted by Gasteiger charge is -2.38.